The highest BCUT2D eigenvalue weighted by Crippen LogP contribution is 2.31. The van der Waals surface area contributed by atoms with Gasteiger partial charge in [-0.2, -0.15) is 0 Å². The second kappa shape index (κ2) is 10.1. The predicted molar refractivity (Wildman–Crippen MR) is 131 cm³/mol. The average Bonchev–Trinajstić information content (AvgIpc) is 3.20. The van der Waals surface area contributed by atoms with Crippen molar-refractivity contribution in [1.29, 1.82) is 0 Å². The third kappa shape index (κ3) is 5.18. The molecule has 2 aromatic carbocycles. The van der Waals surface area contributed by atoms with E-state index in [0.29, 0.717) is 27.8 Å². The standard InChI is InChI=1S/C25H29ClN4OS/c1-16-6-4-8-19(14-16)24-28-29-25(30(24)21-12-10-20(26)11-13-21)32-15-23(31)27-22-9-5-7-17(2)18(22)3/h4,6,8,10-14,17-18,22H,5,7,9,15H2,1-3H3,(H,27,31). The molecule has 3 unspecified atom stereocenters. The largest absolute Gasteiger partial charge is 0.352 e. The van der Waals surface area contributed by atoms with Gasteiger partial charge in [-0.1, -0.05) is 73.8 Å². The van der Waals surface area contributed by atoms with Crippen molar-refractivity contribution in [3.05, 3.63) is 59.1 Å². The Morgan fingerprint density at radius 2 is 1.94 bits per heavy atom. The van der Waals surface area contributed by atoms with Gasteiger partial charge in [0.2, 0.25) is 5.91 Å². The number of hydrogen-bond donors (Lipinski definition) is 1. The summed E-state index contributed by atoms with van der Waals surface area (Å²) in [6.45, 7) is 6.58. The lowest BCUT2D eigenvalue weighted by Crippen LogP contribution is -2.44. The summed E-state index contributed by atoms with van der Waals surface area (Å²) in [5.41, 5.74) is 3.04. The SMILES string of the molecule is Cc1cccc(-c2nnc(SCC(=O)NC3CCCC(C)C3C)n2-c2ccc(Cl)cc2)c1. The second-order valence-electron chi connectivity index (χ2n) is 8.72. The fourth-order valence-corrected chi connectivity index (χ4v) is 5.21. The van der Waals surface area contributed by atoms with Gasteiger partial charge in [0.15, 0.2) is 11.0 Å². The van der Waals surface area contributed by atoms with Crippen molar-refractivity contribution in [1.82, 2.24) is 20.1 Å². The molecule has 0 radical (unpaired) electrons. The number of aryl methyl sites for hydroxylation is 1. The number of rotatable bonds is 6. The third-order valence-electron chi connectivity index (χ3n) is 6.38. The van der Waals surface area contributed by atoms with E-state index in [1.54, 1.807) is 0 Å². The van der Waals surface area contributed by atoms with Crippen molar-refractivity contribution in [2.24, 2.45) is 11.8 Å². The van der Waals surface area contributed by atoms with Crippen LogP contribution >= 0.6 is 23.4 Å². The van der Waals surface area contributed by atoms with E-state index in [4.69, 9.17) is 11.6 Å². The van der Waals surface area contributed by atoms with E-state index in [1.165, 1.54) is 24.6 Å². The first-order valence-corrected chi connectivity index (χ1v) is 12.5. The Hall–Kier alpha value is -2.31. The Morgan fingerprint density at radius 3 is 2.69 bits per heavy atom. The van der Waals surface area contributed by atoms with Gasteiger partial charge in [-0.3, -0.25) is 9.36 Å². The molecule has 0 spiro atoms. The third-order valence-corrected chi connectivity index (χ3v) is 7.56. The topological polar surface area (TPSA) is 59.8 Å². The molecule has 1 saturated carbocycles. The number of amides is 1. The molecule has 1 amide bonds. The van der Waals surface area contributed by atoms with Crippen LogP contribution in [0.1, 0.15) is 38.7 Å². The van der Waals surface area contributed by atoms with E-state index in [2.05, 4.69) is 48.4 Å². The quantitative estimate of drug-likeness (QED) is 0.455. The molecule has 1 aromatic heterocycles. The van der Waals surface area contributed by atoms with Gasteiger partial charge in [0.1, 0.15) is 0 Å². The lowest BCUT2D eigenvalue weighted by molar-refractivity contribution is -0.120. The van der Waals surface area contributed by atoms with Gasteiger partial charge in [0, 0.05) is 22.3 Å². The summed E-state index contributed by atoms with van der Waals surface area (Å²) in [6.07, 6.45) is 3.48. The fraction of sp³-hybridized carbons (Fsp3) is 0.400. The van der Waals surface area contributed by atoms with Crippen molar-refractivity contribution in [2.45, 2.75) is 51.2 Å². The summed E-state index contributed by atoms with van der Waals surface area (Å²) in [5, 5.41) is 13.5. The first-order valence-electron chi connectivity index (χ1n) is 11.1. The summed E-state index contributed by atoms with van der Waals surface area (Å²) in [4.78, 5) is 12.7. The zero-order valence-electron chi connectivity index (χ0n) is 18.7. The van der Waals surface area contributed by atoms with Crippen LogP contribution in [0.2, 0.25) is 5.02 Å². The Balaban J connectivity index is 1.56. The van der Waals surface area contributed by atoms with Crippen LogP contribution in [0.15, 0.2) is 53.7 Å². The molecule has 1 N–H and O–H groups in total. The predicted octanol–water partition coefficient (Wildman–Crippen LogP) is 5.93. The average molecular weight is 469 g/mol. The monoisotopic (exact) mass is 468 g/mol. The van der Waals surface area contributed by atoms with E-state index >= 15 is 0 Å². The van der Waals surface area contributed by atoms with Gasteiger partial charge in [-0.15, -0.1) is 10.2 Å². The van der Waals surface area contributed by atoms with Crippen LogP contribution in [-0.4, -0.2) is 32.5 Å². The number of carbonyl (C=O) groups excluding carboxylic acids is 1. The zero-order valence-corrected chi connectivity index (χ0v) is 20.3. The summed E-state index contributed by atoms with van der Waals surface area (Å²) in [5.74, 6) is 2.24. The Kier molecular flexibility index (Phi) is 7.21. The van der Waals surface area contributed by atoms with E-state index in [1.807, 2.05) is 41.0 Å². The summed E-state index contributed by atoms with van der Waals surface area (Å²) >= 11 is 7.52. The minimum absolute atomic E-state index is 0.0451. The molecule has 7 heteroatoms. The molecule has 3 aromatic rings. The van der Waals surface area contributed by atoms with Crippen LogP contribution in [0.25, 0.3) is 17.1 Å². The molecular formula is C25H29ClN4OS. The van der Waals surface area contributed by atoms with Crippen molar-refractivity contribution in [3.63, 3.8) is 0 Å². The van der Waals surface area contributed by atoms with Gasteiger partial charge < -0.3 is 5.32 Å². The number of halogens is 1. The van der Waals surface area contributed by atoms with E-state index in [-0.39, 0.29) is 11.9 Å². The number of benzene rings is 2. The molecule has 1 aliphatic carbocycles. The summed E-state index contributed by atoms with van der Waals surface area (Å²) in [7, 11) is 0. The Bertz CT molecular complexity index is 1080. The van der Waals surface area contributed by atoms with Crippen LogP contribution in [0.4, 0.5) is 0 Å². The normalized spacial score (nSPS) is 20.8. The molecule has 1 aliphatic rings. The minimum atomic E-state index is 0.0451. The Morgan fingerprint density at radius 1 is 1.16 bits per heavy atom. The highest BCUT2D eigenvalue weighted by molar-refractivity contribution is 7.99. The van der Waals surface area contributed by atoms with Crippen LogP contribution in [-0.2, 0) is 4.79 Å². The highest BCUT2D eigenvalue weighted by atomic mass is 35.5. The maximum absolute atomic E-state index is 12.7. The zero-order chi connectivity index (χ0) is 22.7. The van der Waals surface area contributed by atoms with Gasteiger partial charge in [0.05, 0.1) is 5.75 Å². The molecule has 3 atom stereocenters. The fourth-order valence-electron chi connectivity index (χ4n) is 4.32. The molecule has 5 nitrogen and oxygen atoms in total. The molecule has 0 aliphatic heterocycles. The maximum Gasteiger partial charge on any atom is 0.230 e. The number of carbonyl (C=O) groups is 1. The van der Waals surface area contributed by atoms with E-state index in [0.717, 1.165) is 29.1 Å². The van der Waals surface area contributed by atoms with Gasteiger partial charge in [-0.25, -0.2) is 0 Å². The highest BCUT2D eigenvalue weighted by Gasteiger charge is 2.28. The number of nitrogens with zero attached hydrogens (tertiary/aromatic N) is 3. The number of hydrogen-bond acceptors (Lipinski definition) is 4. The number of nitrogens with one attached hydrogen (secondary N) is 1. The van der Waals surface area contributed by atoms with Crippen LogP contribution in [0.5, 0.6) is 0 Å². The van der Waals surface area contributed by atoms with Crippen LogP contribution in [0.3, 0.4) is 0 Å². The molecule has 1 fully saturated rings. The molecule has 0 saturated heterocycles. The smallest absolute Gasteiger partial charge is 0.230 e. The molecular weight excluding hydrogens is 440 g/mol. The number of aromatic nitrogens is 3. The van der Waals surface area contributed by atoms with Crippen molar-refractivity contribution in [3.8, 4) is 17.1 Å². The van der Waals surface area contributed by atoms with E-state index in [9.17, 15) is 4.79 Å². The van der Waals surface area contributed by atoms with E-state index < -0.39 is 0 Å². The first-order chi connectivity index (χ1) is 15.4. The first kappa shape index (κ1) is 22.9. The van der Waals surface area contributed by atoms with Crippen molar-refractivity contribution >= 4 is 29.3 Å². The van der Waals surface area contributed by atoms with Crippen molar-refractivity contribution < 1.29 is 4.79 Å². The molecule has 1 heterocycles. The van der Waals surface area contributed by atoms with Gasteiger partial charge in [-0.05, 0) is 55.5 Å². The van der Waals surface area contributed by atoms with Gasteiger partial charge in [0.25, 0.3) is 0 Å². The second-order valence-corrected chi connectivity index (χ2v) is 10.1. The minimum Gasteiger partial charge on any atom is -0.352 e. The summed E-state index contributed by atoms with van der Waals surface area (Å²) in [6, 6.07) is 16.0. The maximum atomic E-state index is 12.7. The summed E-state index contributed by atoms with van der Waals surface area (Å²) < 4.78 is 1.99. The van der Waals surface area contributed by atoms with Crippen molar-refractivity contribution in [2.75, 3.05) is 5.75 Å². The lowest BCUT2D eigenvalue weighted by Gasteiger charge is -2.34. The molecule has 4 rings (SSSR count). The molecule has 0 bridgehead atoms. The van der Waals surface area contributed by atoms with Gasteiger partial charge >= 0.3 is 0 Å². The lowest BCUT2D eigenvalue weighted by atomic mass is 9.78. The van der Waals surface area contributed by atoms with Crippen LogP contribution < -0.4 is 5.32 Å². The van der Waals surface area contributed by atoms with Crippen LogP contribution in [0, 0.1) is 18.8 Å². The number of thioether (sulfide) groups is 1. The molecule has 168 valence electrons. The molecule has 32 heavy (non-hydrogen) atoms. The Labute approximate surface area is 199 Å².